The van der Waals surface area contributed by atoms with Gasteiger partial charge >= 0.3 is 0 Å². The van der Waals surface area contributed by atoms with E-state index in [4.69, 9.17) is 12.2 Å². The molecule has 1 N–H and O–H groups in total. The van der Waals surface area contributed by atoms with Gasteiger partial charge < -0.3 is 4.90 Å². The minimum atomic E-state index is 0.0901. The Kier molecular flexibility index (Phi) is 4.74. The highest BCUT2D eigenvalue weighted by molar-refractivity contribution is 7.71. The Morgan fingerprint density at radius 3 is 2.92 bits per heavy atom. The Hall–Kier alpha value is -2.25. The van der Waals surface area contributed by atoms with Crippen LogP contribution in [0.4, 0.5) is 0 Å². The zero-order valence-electron chi connectivity index (χ0n) is 14.5. The lowest BCUT2D eigenvalue weighted by Crippen LogP contribution is -2.35. The van der Waals surface area contributed by atoms with E-state index in [0.29, 0.717) is 23.2 Å². The third-order valence-electron chi connectivity index (χ3n) is 4.54. The van der Waals surface area contributed by atoms with Crippen LogP contribution in [0, 0.1) is 11.7 Å². The summed E-state index contributed by atoms with van der Waals surface area (Å²) in [6.45, 7) is 2.92. The smallest absolute Gasteiger partial charge is 0.243 e. The Morgan fingerprint density at radius 2 is 2.23 bits per heavy atom. The molecule has 2 heterocycles. The summed E-state index contributed by atoms with van der Waals surface area (Å²) in [5.41, 5.74) is 2.10. The van der Waals surface area contributed by atoms with E-state index in [0.717, 1.165) is 24.0 Å². The zero-order valence-corrected chi connectivity index (χ0v) is 16.1. The number of carbonyl (C=O) groups excluding carboxylic acids is 1. The summed E-state index contributed by atoms with van der Waals surface area (Å²) in [6, 6.07) is 12.5. The summed E-state index contributed by atoms with van der Waals surface area (Å²) in [7, 11) is 0. The van der Waals surface area contributed by atoms with Gasteiger partial charge in [0, 0.05) is 16.5 Å². The number of amides is 1. The molecule has 2 aromatic heterocycles. The third-order valence-corrected chi connectivity index (χ3v) is 5.72. The van der Waals surface area contributed by atoms with Gasteiger partial charge in [-0.2, -0.15) is 5.10 Å². The molecule has 1 aromatic carbocycles. The molecule has 5 nitrogen and oxygen atoms in total. The maximum absolute atomic E-state index is 13.0. The van der Waals surface area contributed by atoms with Crippen molar-refractivity contribution in [3.8, 4) is 11.4 Å². The van der Waals surface area contributed by atoms with Gasteiger partial charge in [-0.25, -0.2) is 0 Å². The molecular formula is C19H20N4OS2. The summed E-state index contributed by atoms with van der Waals surface area (Å²) < 4.78 is 2.28. The molecule has 0 bridgehead atoms. The van der Waals surface area contributed by atoms with Crippen LogP contribution in [0.1, 0.15) is 23.3 Å². The first kappa shape index (κ1) is 17.2. The normalized spacial score (nSPS) is 13.7. The van der Waals surface area contributed by atoms with Crippen LogP contribution >= 0.6 is 23.6 Å². The predicted octanol–water partition coefficient (Wildman–Crippen LogP) is 4.17. The van der Waals surface area contributed by atoms with Crippen molar-refractivity contribution >= 4 is 29.5 Å². The predicted molar refractivity (Wildman–Crippen MR) is 105 cm³/mol. The van der Waals surface area contributed by atoms with Crippen molar-refractivity contribution < 1.29 is 4.79 Å². The van der Waals surface area contributed by atoms with E-state index in [1.54, 1.807) is 15.9 Å². The fraction of sp³-hybridized carbons (Fsp3) is 0.316. The van der Waals surface area contributed by atoms with E-state index >= 15 is 0 Å². The first-order valence-electron chi connectivity index (χ1n) is 8.66. The Labute approximate surface area is 161 Å². The van der Waals surface area contributed by atoms with Crippen molar-refractivity contribution in [2.45, 2.75) is 38.9 Å². The number of rotatable bonds is 6. The summed E-state index contributed by atoms with van der Waals surface area (Å²) in [4.78, 5) is 16.2. The molecule has 134 valence electrons. The van der Waals surface area contributed by atoms with Gasteiger partial charge in [0.2, 0.25) is 5.91 Å². The molecule has 1 fully saturated rings. The molecule has 0 spiro atoms. The second-order valence-corrected chi connectivity index (χ2v) is 8.06. The third kappa shape index (κ3) is 3.64. The molecule has 0 radical (unpaired) electrons. The Morgan fingerprint density at radius 1 is 1.38 bits per heavy atom. The first-order valence-corrected chi connectivity index (χ1v) is 9.94. The minimum absolute atomic E-state index is 0.0901. The highest BCUT2D eigenvalue weighted by Gasteiger charge is 2.33. The molecule has 1 aliphatic carbocycles. The van der Waals surface area contributed by atoms with Crippen LogP contribution in [-0.2, 0) is 17.9 Å². The van der Waals surface area contributed by atoms with Crippen LogP contribution in [0.3, 0.4) is 0 Å². The molecule has 0 unspecified atom stereocenters. The van der Waals surface area contributed by atoms with E-state index in [-0.39, 0.29) is 12.5 Å². The second-order valence-electron chi connectivity index (χ2n) is 6.64. The maximum atomic E-state index is 13.0. The van der Waals surface area contributed by atoms with Gasteiger partial charge in [-0.1, -0.05) is 29.8 Å². The SMILES string of the molecule is Cc1cccc(-c2n[nH]c(=S)n2CC(=O)N(Cc2cccs2)C2CC2)c1. The number of hydrogen-bond acceptors (Lipinski definition) is 4. The fourth-order valence-electron chi connectivity index (χ4n) is 3.07. The van der Waals surface area contributed by atoms with Crippen molar-refractivity contribution in [1.82, 2.24) is 19.7 Å². The standard InChI is InChI=1S/C19H20N4OS2/c1-13-4-2-5-14(10-13)18-20-21-19(25)23(18)12-17(24)22(15-7-8-15)11-16-6-3-9-26-16/h2-6,9-10,15H,7-8,11-12H2,1H3,(H,21,25). The highest BCUT2D eigenvalue weighted by Crippen LogP contribution is 2.30. The second kappa shape index (κ2) is 7.17. The quantitative estimate of drug-likeness (QED) is 0.649. The molecule has 1 saturated carbocycles. The fourth-order valence-corrected chi connectivity index (χ4v) is 3.97. The average molecular weight is 385 g/mol. The summed E-state index contributed by atoms with van der Waals surface area (Å²) in [5.74, 6) is 0.797. The number of aromatic amines is 1. The van der Waals surface area contributed by atoms with Crippen molar-refractivity contribution in [1.29, 1.82) is 0 Å². The number of nitrogens with zero attached hydrogens (tertiary/aromatic N) is 3. The van der Waals surface area contributed by atoms with Gasteiger partial charge in [0.15, 0.2) is 10.6 Å². The van der Waals surface area contributed by atoms with Gasteiger partial charge in [0.1, 0.15) is 6.54 Å². The lowest BCUT2D eigenvalue weighted by Gasteiger charge is -2.22. The van der Waals surface area contributed by atoms with Crippen LogP contribution in [0.5, 0.6) is 0 Å². The number of aromatic nitrogens is 3. The van der Waals surface area contributed by atoms with Crippen molar-refractivity contribution in [3.05, 3.63) is 57.0 Å². The van der Waals surface area contributed by atoms with E-state index in [9.17, 15) is 4.79 Å². The van der Waals surface area contributed by atoms with Crippen molar-refractivity contribution in [2.75, 3.05) is 0 Å². The molecule has 1 aliphatic rings. The molecule has 4 rings (SSSR count). The summed E-state index contributed by atoms with van der Waals surface area (Å²) >= 11 is 7.07. The molecule has 0 aliphatic heterocycles. The average Bonchev–Trinajstić information content (AvgIpc) is 3.21. The number of benzene rings is 1. The van der Waals surface area contributed by atoms with E-state index in [1.807, 2.05) is 41.5 Å². The number of H-pyrrole nitrogens is 1. The Bertz CT molecular complexity index is 970. The van der Waals surface area contributed by atoms with Gasteiger partial charge in [0.05, 0.1) is 6.54 Å². The van der Waals surface area contributed by atoms with Crippen molar-refractivity contribution in [2.24, 2.45) is 0 Å². The molecule has 3 aromatic rings. The van der Waals surface area contributed by atoms with Crippen LogP contribution < -0.4 is 0 Å². The number of nitrogens with one attached hydrogen (secondary N) is 1. The van der Waals surface area contributed by atoms with E-state index in [1.165, 1.54) is 4.88 Å². The molecule has 1 amide bonds. The summed E-state index contributed by atoms with van der Waals surface area (Å²) in [5, 5.41) is 9.24. The molecule has 0 atom stereocenters. The van der Waals surface area contributed by atoms with Gasteiger partial charge in [-0.05, 0) is 49.5 Å². The van der Waals surface area contributed by atoms with Crippen LogP contribution in [0.25, 0.3) is 11.4 Å². The maximum Gasteiger partial charge on any atom is 0.243 e. The number of thiophene rings is 1. The van der Waals surface area contributed by atoms with Crippen LogP contribution in [-0.4, -0.2) is 31.6 Å². The molecule has 26 heavy (non-hydrogen) atoms. The lowest BCUT2D eigenvalue weighted by atomic mass is 10.1. The van der Waals surface area contributed by atoms with Gasteiger partial charge in [0.25, 0.3) is 0 Å². The van der Waals surface area contributed by atoms with Crippen LogP contribution in [0.2, 0.25) is 0 Å². The molecule has 7 heteroatoms. The number of aryl methyl sites for hydroxylation is 1. The van der Waals surface area contributed by atoms with E-state index < -0.39 is 0 Å². The monoisotopic (exact) mass is 384 g/mol. The van der Waals surface area contributed by atoms with E-state index in [2.05, 4.69) is 22.3 Å². The largest absolute Gasteiger partial charge is 0.333 e. The Balaban J connectivity index is 1.59. The van der Waals surface area contributed by atoms with Crippen molar-refractivity contribution in [3.63, 3.8) is 0 Å². The topological polar surface area (TPSA) is 53.9 Å². The lowest BCUT2D eigenvalue weighted by molar-refractivity contribution is -0.133. The zero-order chi connectivity index (χ0) is 18.1. The molecule has 0 saturated heterocycles. The highest BCUT2D eigenvalue weighted by atomic mass is 32.1. The van der Waals surface area contributed by atoms with Gasteiger partial charge in [-0.3, -0.25) is 14.5 Å². The number of carbonyl (C=O) groups is 1. The van der Waals surface area contributed by atoms with Gasteiger partial charge in [-0.15, -0.1) is 11.3 Å². The molecular weight excluding hydrogens is 364 g/mol. The minimum Gasteiger partial charge on any atom is -0.333 e. The number of hydrogen-bond donors (Lipinski definition) is 1. The van der Waals surface area contributed by atoms with Crippen LogP contribution in [0.15, 0.2) is 41.8 Å². The first-order chi connectivity index (χ1) is 12.6. The summed E-state index contributed by atoms with van der Waals surface area (Å²) in [6.07, 6.45) is 2.16.